The lowest BCUT2D eigenvalue weighted by Crippen LogP contribution is -2.51. The molecule has 8 heteroatoms. The molecule has 2 heterocycles. The highest BCUT2D eigenvalue weighted by molar-refractivity contribution is 7.72. The number of nitrogens with zero attached hydrogens (tertiary/aromatic N) is 1. The third-order valence-electron chi connectivity index (χ3n) is 3.53. The van der Waals surface area contributed by atoms with Crippen molar-refractivity contribution < 1.29 is 24.3 Å². The summed E-state index contributed by atoms with van der Waals surface area (Å²) in [6, 6.07) is -0.399. The molecule has 0 spiro atoms. The van der Waals surface area contributed by atoms with Crippen LogP contribution < -0.4 is 10.6 Å². The number of urea groups is 1. The fraction of sp³-hybridized carbons (Fsp3) is 0.615. The fourth-order valence-corrected chi connectivity index (χ4v) is 3.29. The molecule has 0 bridgehead atoms. The first-order valence-corrected chi connectivity index (χ1v) is 9.81. The first kappa shape index (κ1) is 16.2. The fourth-order valence-electron chi connectivity index (χ4n) is 2.34. The van der Waals surface area contributed by atoms with Gasteiger partial charge >= 0.3 is 6.03 Å². The number of aliphatic hydroxyl groups is 2. The average molecular weight is 316 g/mol. The van der Waals surface area contributed by atoms with Gasteiger partial charge in [-0.05, 0) is 32.5 Å². The van der Waals surface area contributed by atoms with Gasteiger partial charge in [-0.3, -0.25) is 0 Å². The summed E-state index contributed by atoms with van der Waals surface area (Å²) in [5, 5.41) is 25.2. The summed E-state index contributed by atoms with van der Waals surface area (Å²) in [7, 11) is 0. The zero-order chi connectivity index (χ0) is 15.8. The predicted molar refractivity (Wildman–Crippen MR) is 83.2 cm³/mol. The minimum Gasteiger partial charge on any atom is -0.387 e. The molecule has 1 fully saturated rings. The Bertz CT molecular complexity index is 528. The van der Waals surface area contributed by atoms with Gasteiger partial charge in [0.2, 0.25) is 12.0 Å². The number of nitrogens with one attached hydrogen (secondary N) is 2. The quantitative estimate of drug-likeness (QED) is 0.410. The number of carbonyl (C=O) groups is 1. The molecular weight excluding hydrogens is 293 g/mol. The number of amides is 2. The summed E-state index contributed by atoms with van der Waals surface area (Å²) < 4.78 is 7.23. The van der Waals surface area contributed by atoms with Gasteiger partial charge in [-0.15, -0.1) is 13.2 Å². The van der Waals surface area contributed by atoms with Crippen molar-refractivity contribution in [3.63, 3.8) is 0 Å². The normalized spacial score (nSPS) is 33.4. The molecule has 1 saturated heterocycles. The summed E-state index contributed by atoms with van der Waals surface area (Å²) in [6.07, 6.45) is 3.73. The van der Waals surface area contributed by atoms with E-state index in [2.05, 4.69) is 36.8 Å². The van der Waals surface area contributed by atoms with E-state index in [1.54, 1.807) is 0 Å². The van der Waals surface area contributed by atoms with Crippen LogP contribution in [0.2, 0.25) is 0 Å². The van der Waals surface area contributed by atoms with E-state index in [0.717, 1.165) is 6.16 Å². The van der Waals surface area contributed by atoms with E-state index in [9.17, 15) is 15.0 Å². The monoisotopic (exact) mass is 316 g/mol. The third kappa shape index (κ3) is 3.74. The maximum Gasteiger partial charge on any atom is 0.440 e. The molecule has 4 atom stereocenters. The Kier molecular flexibility index (Phi) is 4.58. The lowest BCUT2D eigenvalue weighted by Gasteiger charge is -2.21. The zero-order valence-corrected chi connectivity index (χ0v) is 13.2. The number of carbonyl (C=O) groups excluding carboxylic acids is 1. The molecular formula is C13H23N3O4P+. The van der Waals surface area contributed by atoms with E-state index in [1.807, 2.05) is 0 Å². The number of aliphatic hydroxyl groups excluding tert-OH is 2. The molecule has 2 aliphatic rings. The lowest BCUT2D eigenvalue weighted by molar-refractivity contribution is -0.579. The van der Waals surface area contributed by atoms with Gasteiger partial charge in [-0.2, -0.15) is 0 Å². The molecule has 0 aliphatic carbocycles. The summed E-state index contributed by atoms with van der Waals surface area (Å²) in [5.41, 5.74) is 0. The summed E-state index contributed by atoms with van der Waals surface area (Å²) in [5.74, 6) is 0.292. The van der Waals surface area contributed by atoms with E-state index in [1.165, 1.54) is 10.9 Å². The van der Waals surface area contributed by atoms with Crippen molar-refractivity contribution in [1.29, 1.82) is 0 Å². The smallest absolute Gasteiger partial charge is 0.387 e. The highest BCUT2D eigenvalue weighted by Gasteiger charge is 2.47. The Morgan fingerprint density at radius 1 is 1.43 bits per heavy atom. The molecule has 0 radical (unpaired) electrons. The van der Waals surface area contributed by atoms with Gasteiger partial charge < -0.3 is 14.9 Å². The molecule has 0 aromatic heterocycles. The van der Waals surface area contributed by atoms with Crippen molar-refractivity contribution in [2.75, 3.05) is 19.5 Å². The van der Waals surface area contributed by atoms with Crippen molar-refractivity contribution in [2.24, 2.45) is 0 Å². The Labute approximate surface area is 124 Å². The highest BCUT2D eigenvalue weighted by Crippen LogP contribution is 2.38. The van der Waals surface area contributed by atoms with Crippen LogP contribution in [0.5, 0.6) is 0 Å². The summed E-state index contributed by atoms with van der Waals surface area (Å²) in [4.78, 5) is 11.2. The molecule has 2 rings (SSSR count). The number of hydrogen-bond donors (Lipinski definition) is 4. The van der Waals surface area contributed by atoms with Crippen LogP contribution in [0.25, 0.3) is 0 Å². The molecule has 21 heavy (non-hydrogen) atoms. The number of hydrogen-bond acceptors (Lipinski definition) is 4. The van der Waals surface area contributed by atoms with Crippen LogP contribution >= 0.6 is 6.89 Å². The Morgan fingerprint density at radius 2 is 2.10 bits per heavy atom. The summed E-state index contributed by atoms with van der Waals surface area (Å²) >= 11 is 0. The second kappa shape index (κ2) is 5.93. The van der Waals surface area contributed by atoms with Gasteiger partial charge in [0.1, 0.15) is 12.2 Å². The Hall–Kier alpha value is -1.14. The van der Waals surface area contributed by atoms with Crippen molar-refractivity contribution in [2.45, 2.75) is 31.0 Å². The Balaban J connectivity index is 2.08. The van der Waals surface area contributed by atoms with Gasteiger partial charge in [0, 0.05) is 0 Å². The second-order valence-electron chi connectivity index (χ2n) is 6.08. The molecule has 2 amide bonds. The van der Waals surface area contributed by atoms with Crippen molar-refractivity contribution in [3.05, 3.63) is 12.4 Å². The van der Waals surface area contributed by atoms with Gasteiger partial charge in [0.05, 0.1) is 6.10 Å². The van der Waals surface area contributed by atoms with Gasteiger partial charge in [0.15, 0.2) is 6.34 Å². The number of ether oxygens (including phenoxy) is 1. The van der Waals surface area contributed by atoms with E-state index >= 15 is 0 Å². The average Bonchev–Trinajstić information content (AvgIpc) is 2.64. The van der Waals surface area contributed by atoms with Crippen LogP contribution in [-0.2, 0) is 4.74 Å². The van der Waals surface area contributed by atoms with E-state index in [0.29, 0.717) is 12.2 Å². The first-order valence-electron chi connectivity index (χ1n) is 6.76. The predicted octanol–water partition coefficient (Wildman–Crippen LogP) is -0.643. The van der Waals surface area contributed by atoms with Crippen molar-refractivity contribution in [1.82, 2.24) is 10.6 Å². The molecule has 7 nitrogen and oxygen atoms in total. The van der Waals surface area contributed by atoms with Gasteiger partial charge in [0.25, 0.3) is 0 Å². The van der Waals surface area contributed by atoms with Crippen molar-refractivity contribution in [3.8, 4) is 0 Å². The van der Waals surface area contributed by atoms with Crippen LogP contribution in [0.4, 0.5) is 4.79 Å². The minimum atomic E-state index is -1.22. The summed E-state index contributed by atoms with van der Waals surface area (Å²) in [6.45, 7) is 6.71. The standard InChI is InChI=1S/C13H22N3O4P/c1-8-15-13(19)14-7-16(8)12-11(18)10(17)9(20-12)5-6-21(2,3)4/h7,9-12,17-18H,1-2,5-6H2,3-4H3,(H,15,19)/p+1. The van der Waals surface area contributed by atoms with Gasteiger partial charge in [-0.25, -0.2) is 20.0 Å². The Morgan fingerprint density at radius 3 is 2.67 bits per heavy atom. The maximum atomic E-state index is 11.2. The molecule has 4 N–H and O–H groups in total. The molecule has 2 aliphatic heterocycles. The van der Waals surface area contributed by atoms with Crippen LogP contribution in [-0.4, -0.2) is 77.5 Å². The van der Waals surface area contributed by atoms with Crippen LogP contribution in [0.3, 0.4) is 0 Å². The molecule has 0 saturated carbocycles. The zero-order valence-electron chi connectivity index (χ0n) is 12.3. The van der Waals surface area contributed by atoms with E-state index in [4.69, 9.17) is 4.74 Å². The maximum absolute atomic E-state index is 11.2. The topological polar surface area (TPSA) is 93.8 Å². The molecule has 0 aromatic carbocycles. The molecule has 118 valence electrons. The largest absolute Gasteiger partial charge is 0.440 e. The van der Waals surface area contributed by atoms with Crippen LogP contribution in [0.1, 0.15) is 6.42 Å². The first-order chi connectivity index (χ1) is 9.69. The van der Waals surface area contributed by atoms with E-state index in [-0.39, 0.29) is 0 Å². The second-order valence-corrected chi connectivity index (χ2v) is 10.4. The van der Waals surface area contributed by atoms with Crippen LogP contribution in [0, 0.1) is 0 Å². The third-order valence-corrected chi connectivity index (χ3v) is 5.00. The van der Waals surface area contributed by atoms with E-state index < -0.39 is 37.5 Å². The van der Waals surface area contributed by atoms with Gasteiger partial charge in [-0.1, -0.05) is 0 Å². The lowest BCUT2D eigenvalue weighted by atomic mass is 10.1. The highest BCUT2D eigenvalue weighted by atomic mass is 31.2. The van der Waals surface area contributed by atoms with Crippen molar-refractivity contribution >= 4 is 25.6 Å². The molecule has 4 unspecified atom stereocenters. The SMILES string of the molecule is C=C1NC(=O)NC=[N+]1C1OC(CCP(=C)(C)C)C(O)C1O. The number of rotatable bonds is 4. The molecule has 0 aromatic rings. The van der Waals surface area contributed by atoms with Crippen LogP contribution in [0.15, 0.2) is 12.4 Å². The minimum absolute atomic E-state index is 0.292.